The molecule has 2 aromatic heterocycles. The molecule has 0 aliphatic carbocycles. The molecule has 0 atom stereocenters. The number of carbonyl (C=O) groups is 1. The van der Waals surface area contributed by atoms with Gasteiger partial charge in [0.2, 0.25) is 6.41 Å². The summed E-state index contributed by atoms with van der Waals surface area (Å²) in [7, 11) is 0. The van der Waals surface area contributed by atoms with Crippen LogP contribution in [-0.4, -0.2) is 16.0 Å². The van der Waals surface area contributed by atoms with Crippen LogP contribution in [0.3, 0.4) is 0 Å². The van der Waals surface area contributed by atoms with Crippen molar-refractivity contribution in [2.75, 3.05) is 0 Å². The van der Waals surface area contributed by atoms with Crippen LogP contribution in [0.2, 0.25) is 0 Å². The number of fused-ring (bicyclic) bond motifs is 3. The zero-order valence-electron chi connectivity index (χ0n) is 7.92. The highest BCUT2D eigenvalue weighted by atomic mass is 16.1. The fourth-order valence-electron chi connectivity index (χ4n) is 1.86. The summed E-state index contributed by atoms with van der Waals surface area (Å²) in [5.41, 5.74) is 1.80. The SMILES string of the molecule is O=Cn1ccc2c3ccccc3ncc21. The van der Waals surface area contributed by atoms with E-state index < -0.39 is 0 Å². The van der Waals surface area contributed by atoms with Crippen LogP contribution in [0.4, 0.5) is 0 Å². The van der Waals surface area contributed by atoms with Crippen LogP contribution in [0.5, 0.6) is 0 Å². The zero-order chi connectivity index (χ0) is 10.3. The van der Waals surface area contributed by atoms with Gasteiger partial charge in [0.05, 0.1) is 17.2 Å². The number of para-hydroxylation sites is 1. The van der Waals surface area contributed by atoms with Gasteiger partial charge in [-0.1, -0.05) is 18.2 Å². The van der Waals surface area contributed by atoms with Gasteiger partial charge in [0, 0.05) is 17.0 Å². The van der Waals surface area contributed by atoms with Crippen molar-refractivity contribution < 1.29 is 4.79 Å². The largest absolute Gasteiger partial charge is 0.288 e. The number of hydrogen-bond donors (Lipinski definition) is 0. The van der Waals surface area contributed by atoms with Crippen molar-refractivity contribution in [3.05, 3.63) is 42.7 Å². The number of hydrogen-bond acceptors (Lipinski definition) is 2. The van der Waals surface area contributed by atoms with Crippen molar-refractivity contribution >= 4 is 28.2 Å². The molecule has 3 heteroatoms. The van der Waals surface area contributed by atoms with E-state index in [0.29, 0.717) is 0 Å². The summed E-state index contributed by atoms with van der Waals surface area (Å²) < 4.78 is 1.54. The molecule has 0 amide bonds. The van der Waals surface area contributed by atoms with Crippen LogP contribution in [0, 0.1) is 0 Å². The molecule has 2 heterocycles. The van der Waals surface area contributed by atoms with E-state index in [1.165, 1.54) is 4.57 Å². The van der Waals surface area contributed by atoms with Gasteiger partial charge in [0.15, 0.2) is 0 Å². The molecule has 1 aromatic carbocycles. The van der Waals surface area contributed by atoms with Crippen LogP contribution in [0.15, 0.2) is 42.7 Å². The van der Waals surface area contributed by atoms with Crippen molar-refractivity contribution in [2.45, 2.75) is 0 Å². The second kappa shape index (κ2) is 2.92. The first-order valence-corrected chi connectivity index (χ1v) is 4.70. The maximum atomic E-state index is 10.8. The fourth-order valence-corrected chi connectivity index (χ4v) is 1.86. The van der Waals surface area contributed by atoms with Gasteiger partial charge >= 0.3 is 0 Å². The summed E-state index contributed by atoms with van der Waals surface area (Å²) in [5, 5.41) is 2.14. The van der Waals surface area contributed by atoms with Gasteiger partial charge in [-0.15, -0.1) is 0 Å². The molecule has 3 nitrogen and oxygen atoms in total. The molecule has 72 valence electrons. The van der Waals surface area contributed by atoms with Crippen LogP contribution in [0.25, 0.3) is 21.8 Å². The first kappa shape index (κ1) is 8.17. The Hall–Kier alpha value is -2.16. The van der Waals surface area contributed by atoms with E-state index in [9.17, 15) is 4.79 Å². The van der Waals surface area contributed by atoms with Crippen LogP contribution in [0.1, 0.15) is 0 Å². The highest BCUT2D eigenvalue weighted by Crippen LogP contribution is 2.23. The number of rotatable bonds is 1. The normalized spacial score (nSPS) is 10.9. The molecule has 0 radical (unpaired) electrons. The first-order valence-electron chi connectivity index (χ1n) is 4.70. The molecule has 0 saturated carbocycles. The van der Waals surface area contributed by atoms with Gasteiger partial charge in [0.25, 0.3) is 0 Å². The second-order valence-corrected chi connectivity index (χ2v) is 3.40. The monoisotopic (exact) mass is 196 g/mol. The molecule has 15 heavy (non-hydrogen) atoms. The van der Waals surface area contributed by atoms with E-state index >= 15 is 0 Å². The quantitative estimate of drug-likeness (QED) is 0.559. The topological polar surface area (TPSA) is 34.9 Å². The first-order chi connectivity index (χ1) is 7.40. The molecule has 0 spiro atoms. The summed E-state index contributed by atoms with van der Waals surface area (Å²) in [6, 6.07) is 9.85. The Kier molecular flexibility index (Phi) is 1.59. The van der Waals surface area contributed by atoms with Crippen molar-refractivity contribution in [3.63, 3.8) is 0 Å². The third-order valence-electron chi connectivity index (χ3n) is 2.59. The van der Waals surface area contributed by atoms with Crippen LogP contribution in [-0.2, 0) is 4.79 Å². The fraction of sp³-hybridized carbons (Fsp3) is 0. The highest BCUT2D eigenvalue weighted by Gasteiger charge is 2.04. The van der Waals surface area contributed by atoms with Crippen LogP contribution < -0.4 is 0 Å². The number of aromatic nitrogens is 2. The lowest BCUT2D eigenvalue weighted by Gasteiger charge is -1.99. The molecule has 3 aromatic rings. The average molecular weight is 196 g/mol. The third kappa shape index (κ3) is 1.06. The smallest absolute Gasteiger partial charge is 0.218 e. The molecule has 0 bridgehead atoms. The molecule has 0 unspecified atom stereocenters. The number of benzene rings is 1. The lowest BCUT2D eigenvalue weighted by molar-refractivity contribution is 0.549. The maximum absolute atomic E-state index is 10.8. The Morgan fingerprint density at radius 2 is 2.00 bits per heavy atom. The standard InChI is InChI=1S/C12H8N2O/c15-8-14-6-5-10-9-3-1-2-4-11(9)13-7-12(10)14/h1-8H. The zero-order valence-corrected chi connectivity index (χ0v) is 7.92. The summed E-state index contributed by atoms with van der Waals surface area (Å²) in [6.07, 6.45) is 4.27. The number of nitrogens with zero attached hydrogens (tertiary/aromatic N) is 2. The molecule has 0 N–H and O–H groups in total. The Bertz CT molecular complexity index is 655. The molecular weight excluding hydrogens is 188 g/mol. The molecular formula is C12H8N2O. The number of pyridine rings is 1. The van der Waals surface area contributed by atoms with Crippen molar-refractivity contribution in [2.24, 2.45) is 0 Å². The Labute approximate surface area is 86.0 Å². The minimum absolute atomic E-state index is 0.790. The Morgan fingerprint density at radius 3 is 2.87 bits per heavy atom. The molecule has 0 saturated heterocycles. The van der Waals surface area contributed by atoms with Crippen molar-refractivity contribution in [1.82, 2.24) is 9.55 Å². The van der Waals surface area contributed by atoms with E-state index in [4.69, 9.17) is 0 Å². The minimum atomic E-state index is 0.790. The Morgan fingerprint density at radius 1 is 1.13 bits per heavy atom. The lowest BCUT2D eigenvalue weighted by atomic mass is 10.1. The van der Waals surface area contributed by atoms with E-state index in [1.807, 2.05) is 30.3 Å². The van der Waals surface area contributed by atoms with Gasteiger partial charge in [-0.2, -0.15) is 0 Å². The predicted molar refractivity (Wildman–Crippen MR) is 59.4 cm³/mol. The minimum Gasteiger partial charge on any atom is -0.288 e. The third-order valence-corrected chi connectivity index (χ3v) is 2.59. The van der Waals surface area contributed by atoms with Gasteiger partial charge in [-0.05, 0) is 12.1 Å². The summed E-state index contributed by atoms with van der Waals surface area (Å²) in [4.78, 5) is 15.1. The maximum Gasteiger partial charge on any atom is 0.218 e. The van der Waals surface area contributed by atoms with Gasteiger partial charge < -0.3 is 0 Å². The van der Waals surface area contributed by atoms with E-state index in [1.54, 1.807) is 12.4 Å². The second-order valence-electron chi connectivity index (χ2n) is 3.40. The molecule has 3 rings (SSSR count). The number of carbonyl (C=O) groups excluding carboxylic acids is 1. The van der Waals surface area contributed by atoms with Gasteiger partial charge in [-0.25, -0.2) is 0 Å². The summed E-state index contributed by atoms with van der Waals surface area (Å²) >= 11 is 0. The van der Waals surface area contributed by atoms with Crippen molar-refractivity contribution in [1.29, 1.82) is 0 Å². The van der Waals surface area contributed by atoms with E-state index in [2.05, 4.69) is 4.98 Å². The van der Waals surface area contributed by atoms with Crippen molar-refractivity contribution in [3.8, 4) is 0 Å². The predicted octanol–water partition coefficient (Wildman–Crippen LogP) is 2.23. The van der Waals surface area contributed by atoms with Gasteiger partial charge in [0.1, 0.15) is 0 Å². The summed E-state index contributed by atoms with van der Waals surface area (Å²) in [6.45, 7) is 0. The highest BCUT2D eigenvalue weighted by molar-refractivity contribution is 6.05. The molecule has 0 aliphatic heterocycles. The van der Waals surface area contributed by atoms with E-state index in [-0.39, 0.29) is 0 Å². The average Bonchev–Trinajstić information content (AvgIpc) is 2.72. The lowest BCUT2D eigenvalue weighted by Crippen LogP contribution is -1.91. The Balaban J connectivity index is 2.55. The molecule has 0 fully saturated rings. The summed E-state index contributed by atoms with van der Waals surface area (Å²) in [5.74, 6) is 0. The van der Waals surface area contributed by atoms with Gasteiger partial charge in [-0.3, -0.25) is 14.3 Å². The molecule has 0 aliphatic rings. The van der Waals surface area contributed by atoms with E-state index in [0.717, 1.165) is 28.2 Å². The van der Waals surface area contributed by atoms with Crippen LogP contribution >= 0.6 is 0 Å².